The highest BCUT2D eigenvalue weighted by molar-refractivity contribution is 9.10. The van der Waals surface area contributed by atoms with E-state index in [0.29, 0.717) is 0 Å². The van der Waals surface area contributed by atoms with Crippen LogP contribution in [0, 0.1) is 0 Å². The Morgan fingerprint density at radius 3 is 3.42 bits per heavy atom. The monoisotopic (exact) mass is 232 g/mol. The van der Waals surface area contributed by atoms with Gasteiger partial charge in [0.05, 0.1) is 17.0 Å². The molecule has 3 nitrogen and oxygen atoms in total. The highest BCUT2D eigenvalue weighted by Crippen LogP contribution is 2.34. The number of ether oxygens (including phenoxy) is 1. The maximum Gasteiger partial charge on any atom is 0.262 e. The highest BCUT2D eigenvalue weighted by atomic mass is 79.9. The molecule has 0 atom stereocenters. The molecule has 1 N–H and O–H groups in total. The number of amides is 1. The van der Waals surface area contributed by atoms with E-state index < -0.39 is 12.5 Å². The molecule has 0 aliphatic carbocycles. The first kappa shape index (κ1) is 3.79. The third kappa shape index (κ3) is 1.18. The fourth-order valence-electron chi connectivity index (χ4n) is 0.792. The lowest BCUT2D eigenvalue weighted by atomic mass is 10.2. The van der Waals surface area contributed by atoms with Gasteiger partial charge in [-0.2, -0.15) is 0 Å². The van der Waals surface area contributed by atoms with Crippen molar-refractivity contribution in [1.29, 1.82) is 0 Å². The molecule has 0 bridgehead atoms. The van der Waals surface area contributed by atoms with E-state index >= 15 is 0 Å². The topological polar surface area (TPSA) is 38.3 Å². The van der Waals surface area contributed by atoms with Crippen molar-refractivity contribution in [3.63, 3.8) is 0 Å². The van der Waals surface area contributed by atoms with E-state index in [4.69, 9.17) is 11.6 Å². The minimum Gasteiger partial charge on any atom is -0.480 e. The van der Waals surface area contributed by atoms with Gasteiger partial charge in [0.15, 0.2) is 12.3 Å². The Balaban J connectivity index is 2.71. The second-order valence-corrected chi connectivity index (χ2v) is 2.84. The van der Waals surface area contributed by atoms with Crippen LogP contribution < -0.4 is 10.1 Å². The predicted octanol–water partition coefficient (Wildman–Crippen LogP) is 1.78. The van der Waals surface area contributed by atoms with Gasteiger partial charge in [0.2, 0.25) is 0 Å². The van der Waals surface area contributed by atoms with E-state index in [1.54, 1.807) is 0 Å². The first-order valence-corrected chi connectivity index (χ1v) is 3.84. The van der Waals surface area contributed by atoms with Crippen LogP contribution in [0.2, 0.25) is 0 Å². The Morgan fingerprint density at radius 1 is 1.75 bits per heavy atom. The van der Waals surface area contributed by atoms with Crippen LogP contribution in [-0.2, 0) is 4.79 Å². The van der Waals surface area contributed by atoms with Gasteiger partial charge in [-0.05, 0) is 28.0 Å². The number of nitrogens with one attached hydrogen (secondary N) is 1. The molecular weight excluding hydrogens is 222 g/mol. The SMILES string of the molecule is [2H]c1c([2H])c(Br)c2c(c1[2H])NC(=O)C([2H])([2H])O2. The normalized spacial score (nSPS) is 24.8. The largest absolute Gasteiger partial charge is 0.480 e. The van der Waals surface area contributed by atoms with Crippen molar-refractivity contribution < 1.29 is 16.4 Å². The zero-order chi connectivity index (χ0) is 13.0. The lowest BCUT2D eigenvalue weighted by molar-refractivity contribution is -0.118. The Morgan fingerprint density at radius 2 is 2.58 bits per heavy atom. The van der Waals surface area contributed by atoms with Gasteiger partial charge in [-0.3, -0.25) is 4.79 Å². The summed E-state index contributed by atoms with van der Waals surface area (Å²) in [6, 6.07) is -1.04. The molecule has 0 unspecified atom stereocenters. The number of halogens is 1. The Hall–Kier alpha value is -1.03. The summed E-state index contributed by atoms with van der Waals surface area (Å²) in [5.41, 5.74) is -0.0991. The summed E-state index contributed by atoms with van der Waals surface area (Å²) in [5.74, 6) is -1.18. The molecule has 0 fully saturated rings. The molecule has 12 heavy (non-hydrogen) atoms. The number of anilines is 1. The lowest BCUT2D eigenvalue weighted by Gasteiger charge is -2.18. The number of fused-ring (bicyclic) bond motifs is 1. The molecule has 1 amide bonds. The second-order valence-electron chi connectivity index (χ2n) is 2.05. The quantitative estimate of drug-likeness (QED) is 0.741. The fourth-order valence-corrected chi connectivity index (χ4v) is 1.17. The number of hydrogen-bond acceptors (Lipinski definition) is 2. The van der Waals surface area contributed by atoms with E-state index in [9.17, 15) is 4.79 Å². The van der Waals surface area contributed by atoms with Crippen LogP contribution in [0.1, 0.15) is 6.85 Å². The molecule has 62 valence electrons. The van der Waals surface area contributed by atoms with Gasteiger partial charge >= 0.3 is 0 Å². The molecule has 4 heteroatoms. The van der Waals surface area contributed by atoms with Crippen molar-refractivity contribution in [2.24, 2.45) is 0 Å². The lowest BCUT2D eigenvalue weighted by Crippen LogP contribution is -2.25. The summed E-state index contributed by atoms with van der Waals surface area (Å²) in [6.07, 6.45) is 0. The number of benzene rings is 1. The standard InChI is InChI=1S/C8H6BrNO2/c9-5-2-1-3-6-8(5)12-4-7(11)10-6/h1-3H,4H2,(H,10,11)/i1D,2D,3D,4D2. The number of para-hydroxylation sites is 1. The molecule has 1 aromatic carbocycles. The van der Waals surface area contributed by atoms with E-state index in [2.05, 4.69) is 21.2 Å². The number of rotatable bonds is 0. The van der Waals surface area contributed by atoms with Crippen LogP contribution in [0.3, 0.4) is 0 Å². The fraction of sp³-hybridized carbons (Fsp3) is 0.125. The molecule has 1 heterocycles. The van der Waals surface area contributed by atoms with Crippen molar-refractivity contribution in [1.82, 2.24) is 0 Å². The first-order valence-electron chi connectivity index (χ1n) is 5.55. The van der Waals surface area contributed by atoms with Gasteiger partial charge in [-0.25, -0.2) is 0 Å². The second kappa shape index (κ2) is 2.79. The van der Waals surface area contributed by atoms with Crippen LogP contribution in [0.5, 0.6) is 5.75 Å². The van der Waals surface area contributed by atoms with E-state index in [0.717, 1.165) is 0 Å². The zero-order valence-electron chi connectivity index (χ0n) is 10.7. The summed E-state index contributed by atoms with van der Waals surface area (Å²) in [4.78, 5) is 11.3. The van der Waals surface area contributed by atoms with Crippen LogP contribution >= 0.6 is 15.9 Å². The highest BCUT2D eigenvalue weighted by Gasteiger charge is 2.17. The molecule has 0 radical (unpaired) electrons. The minimum absolute atomic E-state index is 0.0392. The van der Waals surface area contributed by atoms with Gasteiger partial charge in [-0.15, -0.1) is 0 Å². The summed E-state index contributed by atoms with van der Waals surface area (Å²) in [7, 11) is 0. The third-order valence-electron chi connectivity index (χ3n) is 1.27. The van der Waals surface area contributed by atoms with E-state index in [1.807, 2.05) is 0 Å². The van der Waals surface area contributed by atoms with Crippen LogP contribution in [0.4, 0.5) is 5.69 Å². The van der Waals surface area contributed by atoms with E-state index in [-0.39, 0.29) is 34.0 Å². The summed E-state index contributed by atoms with van der Waals surface area (Å²) in [6.45, 7) is -2.56. The minimum atomic E-state index is -2.56. The predicted molar refractivity (Wildman–Crippen MR) is 48.3 cm³/mol. The van der Waals surface area contributed by atoms with Crippen LogP contribution in [-0.4, -0.2) is 12.5 Å². The summed E-state index contributed by atoms with van der Waals surface area (Å²) in [5, 5.41) is 2.17. The maximum absolute atomic E-state index is 11.3. The maximum atomic E-state index is 11.3. The molecule has 0 spiro atoms. The van der Waals surface area contributed by atoms with Gasteiger partial charge in [0, 0.05) is 0 Å². The molecule has 1 aliphatic rings. The molecule has 1 aromatic rings. The smallest absolute Gasteiger partial charge is 0.262 e. The number of carbonyl (C=O) groups is 1. The molecular formula is C8H6BrNO2. The van der Waals surface area contributed by atoms with Crippen molar-refractivity contribution in [2.75, 3.05) is 11.9 Å². The average Bonchev–Trinajstić information content (AvgIpc) is 2.26. The van der Waals surface area contributed by atoms with Crippen molar-refractivity contribution in [3.05, 3.63) is 22.6 Å². The zero-order valence-corrected chi connectivity index (χ0v) is 7.28. The molecule has 0 saturated carbocycles. The number of hydrogen-bond donors (Lipinski definition) is 1. The Bertz CT molecular complexity index is 533. The number of carbonyl (C=O) groups excluding carboxylic acids is 1. The third-order valence-corrected chi connectivity index (χ3v) is 1.83. The van der Waals surface area contributed by atoms with Gasteiger partial charge in [-0.1, -0.05) is 6.04 Å². The first-order chi connectivity index (χ1) is 7.75. The van der Waals surface area contributed by atoms with E-state index in [1.165, 1.54) is 0 Å². The Labute approximate surface area is 84.9 Å². The molecule has 2 rings (SSSR count). The Kier molecular flexibility index (Phi) is 0.879. The van der Waals surface area contributed by atoms with Gasteiger partial charge in [0.25, 0.3) is 5.91 Å². The van der Waals surface area contributed by atoms with Crippen LogP contribution in [0.25, 0.3) is 0 Å². The van der Waals surface area contributed by atoms with Gasteiger partial charge in [0.1, 0.15) is 0 Å². The van der Waals surface area contributed by atoms with Crippen molar-refractivity contribution >= 4 is 27.5 Å². The molecule has 0 aromatic heterocycles. The average molecular weight is 233 g/mol. The molecule has 0 saturated heterocycles. The van der Waals surface area contributed by atoms with Crippen LogP contribution in [0.15, 0.2) is 22.6 Å². The van der Waals surface area contributed by atoms with Crippen molar-refractivity contribution in [2.45, 2.75) is 0 Å². The summed E-state index contributed by atoms with van der Waals surface area (Å²) >= 11 is 2.99. The van der Waals surface area contributed by atoms with Gasteiger partial charge < -0.3 is 10.1 Å². The molecule has 1 aliphatic heterocycles. The van der Waals surface area contributed by atoms with Crippen molar-refractivity contribution in [3.8, 4) is 5.75 Å². The summed E-state index contributed by atoms with van der Waals surface area (Å²) < 4.78 is 42.1.